The first kappa shape index (κ1) is 26.4. The zero-order chi connectivity index (χ0) is 31.3. The van der Waals surface area contributed by atoms with Crippen LogP contribution in [0.4, 0.5) is 17.1 Å². The zero-order valence-electron chi connectivity index (χ0n) is 26.3. The molecular formula is C45H31NO. The Labute approximate surface area is 273 Å². The van der Waals surface area contributed by atoms with Crippen LogP contribution in [0.2, 0.25) is 0 Å². The fourth-order valence-electron chi connectivity index (χ4n) is 8.11. The molecule has 1 aliphatic carbocycles. The second-order valence-electron chi connectivity index (χ2n) is 13.3. The van der Waals surface area contributed by atoms with Crippen LogP contribution in [0.15, 0.2) is 156 Å². The molecular weight excluding hydrogens is 571 g/mol. The molecule has 0 amide bonds. The highest BCUT2D eigenvalue weighted by atomic mass is 16.3. The minimum atomic E-state index is -0.0853. The third-order valence-corrected chi connectivity index (χ3v) is 10.4. The van der Waals surface area contributed by atoms with Gasteiger partial charge in [-0.15, -0.1) is 0 Å². The SMILES string of the molecule is CC1(C)c2ccccc2-c2ccc(N(c3ccc(-c4ccc5ccc6cccc7oc4c5c67)cc3)c3cccc4ccccc34)cc21. The number of furan rings is 1. The van der Waals surface area contributed by atoms with Gasteiger partial charge in [0.15, 0.2) is 0 Å². The van der Waals surface area contributed by atoms with Crippen molar-refractivity contribution in [3.63, 3.8) is 0 Å². The maximum Gasteiger partial charge on any atom is 0.143 e. The summed E-state index contributed by atoms with van der Waals surface area (Å²) >= 11 is 0. The van der Waals surface area contributed by atoms with E-state index < -0.39 is 0 Å². The highest BCUT2D eigenvalue weighted by Gasteiger charge is 2.35. The van der Waals surface area contributed by atoms with Gasteiger partial charge in [0.2, 0.25) is 0 Å². The van der Waals surface area contributed by atoms with Gasteiger partial charge in [-0.05, 0) is 86.4 Å². The molecule has 47 heavy (non-hydrogen) atoms. The van der Waals surface area contributed by atoms with Crippen LogP contribution >= 0.6 is 0 Å². The molecule has 0 saturated carbocycles. The summed E-state index contributed by atoms with van der Waals surface area (Å²) in [7, 11) is 0. The lowest BCUT2D eigenvalue weighted by molar-refractivity contribution is 0.660. The number of anilines is 3. The van der Waals surface area contributed by atoms with Crippen molar-refractivity contribution in [2.75, 3.05) is 4.90 Å². The first-order valence-electron chi connectivity index (χ1n) is 16.4. The molecule has 0 bridgehead atoms. The minimum Gasteiger partial charge on any atom is -0.455 e. The summed E-state index contributed by atoms with van der Waals surface area (Å²) in [4.78, 5) is 2.42. The second kappa shape index (κ2) is 9.57. The van der Waals surface area contributed by atoms with E-state index in [1.807, 2.05) is 0 Å². The summed E-state index contributed by atoms with van der Waals surface area (Å²) in [6.45, 7) is 4.70. The third-order valence-electron chi connectivity index (χ3n) is 10.4. The quantitative estimate of drug-likeness (QED) is 0.187. The van der Waals surface area contributed by atoms with E-state index in [0.717, 1.165) is 39.4 Å². The molecule has 1 aliphatic rings. The Morgan fingerprint density at radius 2 is 1.15 bits per heavy atom. The molecule has 0 aliphatic heterocycles. The number of fused-ring (bicyclic) bond motifs is 4. The van der Waals surface area contributed by atoms with Gasteiger partial charge in [0.1, 0.15) is 11.2 Å². The molecule has 0 radical (unpaired) electrons. The lowest BCUT2D eigenvalue weighted by atomic mass is 9.82. The first-order valence-corrected chi connectivity index (χ1v) is 16.4. The monoisotopic (exact) mass is 601 g/mol. The summed E-state index contributed by atoms with van der Waals surface area (Å²) in [5.41, 5.74) is 12.9. The molecule has 222 valence electrons. The lowest BCUT2D eigenvalue weighted by Crippen LogP contribution is -2.16. The van der Waals surface area contributed by atoms with E-state index in [0.29, 0.717) is 0 Å². The largest absolute Gasteiger partial charge is 0.455 e. The molecule has 1 aromatic heterocycles. The van der Waals surface area contributed by atoms with E-state index in [4.69, 9.17) is 4.42 Å². The maximum absolute atomic E-state index is 6.54. The molecule has 1 heterocycles. The molecule has 0 fully saturated rings. The van der Waals surface area contributed by atoms with Crippen molar-refractivity contribution >= 4 is 60.5 Å². The highest BCUT2D eigenvalue weighted by molar-refractivity contribution is 6.24. The van der Waals surface area contributed by atoms with E-state index in [9.17, 15) is 0 Å². The summed E-state index contributed by atoms with van der Waals surface area (Å²) in [6, 6.07) is 55.2. The Morgan fingerprint density at radius 3 is 2.04 bits per heavy atom. The van der Waals surface area contributed by atoms with Crippen molar-refractivity contribution in [3.8, 4) is 22.3 Å². The van der Waals surface area contributed by atoms with Crippen LogP contribution in [0.1, 0.15) is 25.0 Å². The molecule has 9 aromatic rings. The molecule has 0 spiro atoms. The topological polar surface area (TPSA) is 16.4 Å². The van der Waals surface area contributed by atoms with E-state index in [-0.39, 0.29) is 5.41 Å². The van der Waals surface area contributed by atoms with Gasteiger partial charge in [0, 0.05) is 38.5 Å². The average Bonchev–Trinajstić information content (AvgIpc) is 3.62. The smallest absolute Gasteiger partial charge is 0.143 e. The number of nitrogens with zero attached hydrogens (tertiary/aromatic N) is 1. The number of rotatable bonds is 4. The molecule has 10 rings (SSSR count). The lowest BCUT2D eigenvalue weighted by Gasteiger charge is -2.29. The third kappa shape index (κ3) is 3.73. The van der Waals surface area contributed by atoms with E-state index in [2.05, 4.69) is 170 Å². The van der Waals surface area contributed by atoms with Crippen LogP contribution < -0.4 is 4.90 Å². The van der Waals surface area contributed by atoms with Gasteiger partial charge < -0.3 is 9.32 Å². The van der Waals surface area contributed by atoms with Crippen molar-refractivity contribution in [3.05, 3.63) is 163 Å². The summed E-state index contributed by atoms with van der Waals surface area (Å²) in [6.07, 6.45) is 0. The molecule has 0 N–H and O–H groups in total. The standard InChI is InChI=1S/C45H31NO/c1-45(2)38-14-6-5-13-36(38)37-26-24-33(27-39(37)45)46(40-15-7-10-28-9-3-4-12-34(28)40)32-22-19-29(20-23-32)35-25-21-31-18-17-30-11-8-16-41-42(30)43(31)44(35)47-41/h3-27H,1-2H3. The number of benzene rings is 8. The first-order chi connectivity index (χ1) is 23.1. The van der Waals surface area contributed by atoms with Crippen LogP contribution in [0, 0.1) is 0 Å². The molecule has 0 unspecified atom stereocenters. The normalized spacial score (nSPS) is 13.5. The van der Waals surface area contributed by atoms with Crippen LogP contribution in [0.25, 0.3) is 65.7 Å². The minimum absolute atomic E-state index is 0.0853. The predicted molar refractivity (Wildman–Crippen MR) is 198 cm³/mol. The Kier molecular flexibility index (Phi) is 5.37. The van der Waals surface area contributed by atoms with Crippen LogP contribution in [-0.2, 0) is 5.41 Å². The van der Waals surface area contributed by atoms with Gasteiger partial charge in [-0.3, -0.25) is 0 Å². The van der Waals surface area contributed by atoms with E-state index in [1.165, 1.54) is 54.6 Å². The predicted octanol–water partition coefficient (Wildman–Crippen LogP) is 12.8. The molecule has 2 heteroatoms. The summed E-state index contributed by atoms with van der Waals surface area (Å²) < 4.78 is 6.54. The molecule has 0 atom stereocenters. The Morgan fingerprint density at radius 1 is 0.489 bits per heavy atom. The fraction of sp³-hybridized carbons (Fsp3) is 0.0667. The highest BCUT2D eigenvalue weighted by Crippen LogP contribution is 2.51. The second-order valence-corrected chi connectivity index (χ2v) is 13.3. The summed E-state index contributed by atoms with van der Waals surface area (Å²) in [5.74, 6) is 0. The van der Waals surface area contributed by atoms with Crippen molar-refractivity contribution < 1.29 is 4.42 Å². The molecule has 2 nitrogen and oxygen atoms in total. The van der Waals surface area contributed by atoms with Crippen molar-refractivity contribution in [2.24, 2.45) is 0 Å². The number of hydrogen-bond donors (Lipinski definition) is 0. The van der Waals surface area contributed by atoms with E-state index >= 15 is 0 Å². The Hall–Kier alpha value is -5.86. The van der Waals surface area contributed by atoms with Gasteiger partial charge >= 0.3 is 0 Å². The number of hydrogen-bond acceptors (Lipinski definition) is 2. The van der Waals surface area contributed by atoms with Crippen molar-refractivity contribution in [2.45, 2.75) is 19.3 Å². The van der Waals surface area contributed by atoms with Crippen LogP contribution in [-0.4, -0.2) is 0 Å². The fourth-order valence-corrected chi connectivity index (χ4v) is 8.11. The van der Waals surface area contributed by atoms with Gasteiger partial charge in [-0.1, -0.05) is 123 Å². The van der Waals surface area contributed by atoms with Crippen LogP contribution in [0.3, 0.4) is 0 Å². The van der Waals surface area contributed by atoms with Gasteiger partial charge in [0.25, 0.3) is 0 Å². The van der Waals surface area contributed by atoms with Gasteiger partial charge in [-0.2, -0.15) is 0 Å². The Balaban J connectivity index is 1.15. The van der Waals surface area contributed by atoms with Gasteiger partial charge in [-0.25, -0.2) is 0 Å². The molecule has 0 saturated heterocycles. The average molecular weight is 602 g/mol. The van der Waals surface area contributed by atoms with Crippen LogP contribution in [0.5, 0.6) is 0 Å². The van der Waals surface area contributed by atoms with E-state index in [1.54, 1.807) is 0 Å². The van der Waals surface area contributed by atoms with Crippen molar-refractivity contribution in [1.82, 2.24) is 0 Å². The Bertz CT molecular complexity index is 2650. The maximum atomic E-state index is 6.54. The zero-order valence-corrected chi connectivity index (χ0v) is 26.3. The van der Waals surface area contributed by atoms with Gasteiger partial charge in [0.05, 0.1) is 5.69 Å². The molecule has 8 aromatic carbocycles. The van der Waals surface area contributed by atoms with Crippen molar-refractivity contribution in [1.29, 1.82) is 0 Å². The summed E-state index contributed by atoms with van der Waals surface area (Å²) in [5, 5.41) is 7.29.